The third kappa shape index (κ3) is 4.39. The van der Waals surface area contributed by atoms with Crippen LogP contribution in [-0.2, 0) is 11.3 Å². The first kappa shape index (κ1) is 17.5. The highest BCUT2D eigenvalue weighted by Gasteiger charge is 2.28. The summed E-state index contributed by atoms with van der Waals surface area (Å²) in [7, 11) is 2.11. The summed E-state index contributed by atoms with van der Waals surface area (Å²) in [5.74, 6) is 1.01. The van der Waals surface area contributed by atoms with Crippen LogP contribution in [-0.4, -0.2) is 58.0 Å². The first-order valence-corrected chi connectivity index (χ1v) is 8.73. The largest absolute Gasteiger partial charge is 0.491 e. The molecule has 0 unspecified atom stereocenters. The molecule has 3 rings (SSSR count). The number of imidazole rings is 1. The average Bonchev–Trinajstić information content (AvgIpc) is 3.08. The van der Waals surface area contributed by atoms with Crippen LogP contribution in [0.2, 0.25) is 0 Å². The molecule has 1 aromatic heterocycles. The first-order chi connectivity index (χ1) is 12.0. The summed E-state index contributed by atoms with van der Waals surface area (Å²) in [6.07, 6.45) is 5.36. The molecule has 0 spiro atoms. The maximum atomic E-state index is 12.6. The molecule has 0 saturated carbocycles. The summed E-state index contributed by atoms with van der Waals surface area (Å²) in [5.41, 5.74) is 1.21. The van der Waals surface area contributed by atoms with E-state index in [1.54, 1.807) is 12.5 Å². The molecule has 134 valence electrons. The number of aromatic nitrogens is 2. The molecule has 0 N–H and O–H groups in total. The lowest BCUT2D eigenvalue weighted by molar-refractivity contribution is -0.134. The van der Waals surface area contributed by atoms with Crippen molar-refractivity contribution >= 4 is 5.91 Å². The van der Waals surface area contributed by atoms with Crippen LogP contribution in [0.4, 0.5) is 0 Å². The van der Waals surface area contributed by atoms with Gasteiger partial charge in [-0.25, -0.2) is 4.98 Å². The monoisotopic (exact) mass is 342 g/mol. The Morgan fingerprint density at radius 3 is 2.68 bits per heavy atom. The number of carbonyl (C=O) groups is 1. The molecule has 2 heterocycles. The van der Waals surface area contributed by atoms with Crippen LogP contribution in [0.3, 0.4) is 0 Å². The van der Waals surface area contributed by atoms with E-state index in [0.717, 1.165) is 18.8 Å². The second kappa shape index (κ2) is 7.70. The Bertz CT molecular complexity index is 682. The number of carbonyl (C=O) groups excluding carboxylic acids is 1. The Kier molecular flexibility index (Phi) is 5.38. The lowest BCUT2D eigenvalue weighted by Crippen LogP contribution is -2.49. The van der Waals surface area contributed by atoms with Crippen LogP contribution in [0, 0.1) is 0 Å². The number of nitrogens with zero attached hydrogens (tertiary/aromatic N) is 4. The van der Waals surface area contributed by atoms with E-state index in [2.05, 4.69) is 29.1 Å². The summed E-state index contributed by atoms with van der Waals surface area (Å²) in [5, 5.41) is 0. The number of piperazine rings is 1. The van der Waals surface area contributed by atoms with Gasteiger partial charge in [0.05, 0.1) is 18.5 Å². The number of benzene rings is 1. The Morgan fingerprint density at radius 1 is 1.28 bits per heavy atom. The summed E-state index contributed by atoms with van der Waals surface area (Å²) in [6, 6.07) is 8.42. The van der Waals surface area contributed by atoms with Gasteiger partial charge in [0.2, 0.25) is 5.91 Å². The molecule has 0 bridgehead atoms. The molecule has 1 fully saturated rings. The van der Waals surface area contributed by atoms with Crippen molar-refractivity contribution in [3.05, 3.63) is 48.5 Å². The zero-order chi connectivity index (χ0) is 17.8. The van der Waals surface area contributed by atoms with Crippen LogP contribution < -0.4 is 4.74 Å². The van der Waals surface area contributed by atoms with Gasteiger partial charge < -0.3 is 14.2 Å². The molecule has 0 aliphatic carbocycles. The van der Waals surface area contributed by atoms with E-state index < -0.39 is 0 Å². The third-order valence-electron chi connectivity index (χ3n) is 4.51. The number of hydrogen-bond acceptors (Lipinski definition) is 4. The quantitative estimate of drug-likeness (QED) is 0.836. The van der Waals surface area contributed by atoms with Crippen molar-refractivity contribution in [3.8, 4) is 5.75 Å². The lowest BCUT2D eigenvalue weighted by atomic mass is 10.0. The topological polar surface area (TPSA) is 50.6 Å². The number of amides is 1. The van der Waals surface area contributed by atoms with Gasteiger partial charge in [0.25, 0.3) is 0 Å². The molecule has 6 nitrogen and oxygen atoms in total. The Hall–Kier alpha value is -2.34. The maximum absolute atomic E-state index is 12.6. The van der Waals surface area contributed by atoms with Crippen LogP contribution in [0.5, 0.6) is 5.75 Å². The van der Waals surface area contributed by atoms with Gasteiger partial charge in [-0.15, -0.1) is 0 Å². The predicted molar refractivity (Wildman–Crippen MR) is 96.4 cm³/mol. The molecule has 25 heavy (non-hydrogen) atoms. The molecular formula is C19H26N4O2. The fourth-order valence-electron chi connectivity index (χ4n) is 3.14. The normalized spacial score (nSPS) is 18.6. The minimum absolute atomic E-state index is 0.135. The molecular weight excluding hydrogens is 316 g/mol. The minimum atomic E-state index is 0.135. The third-order valence-corrected chi connectivity index (χ3v) is 4.51. The van der Waals surface area contributed by atoms with E-state index in [0.29, 0.717) is 13.1 Å². The van der Waals surface area contributed by atoms with Gasteiger partial charge in [-0.05, 0) is 38.6 Å². The van der Waals surface area contributed by atoms with Crippen LogP contribution in [0.25, 0.3) is 0 Å². The summed E-state index contributed by atoms with van der Waals surface area (Å²) in [4.78, 5) is 20.8. The van der Waals surface area contributed by atoms with E-state index in [9.17, 15) is 4.79 Å². The van der Waals surface area contributed by atoms with Crippen molar-refractivity contribution in [2.75, 3.05) is 26.7 Å². The van der Waals surface area contributed by atoms with Crippen molar-refractivity contribution in [3.63, 3.8) is 0 Å². The number of hydrogen-bond donors (Lipinski definition) is 0. The number of ether oxygens (including phenoxy) is 1. The summed E-state index contributed by atoms with van der Waals surface area (Å²) < 4.78 is 7.53. The van der Waals surface area contributed by atoms with E-state index in [1.165, 1.54) is 5.56 Å². The first-order valence-electron chi connectivity index (χ1n) is 8.73. The van der Waals surface area contributed by atoms with Crippen molar-refractivity contribution in [2.24, 2.45) is 0 Å². The molecule has 1 aliphatic heterocycles. The number of likely N-dealkylation sites (N-methyl/N-ethyl adjacent to an activating group) is 1. The van der Waals surface area contributed by atoms with Crippen molar-refractivity contribution in [1.29, 1.82) is 0 Å². The van der Waals surface area contributed by atoms with Gasteiger partial charge >= 0.3 is 0 Å². The average molecular weight is 342 g/mol. The van der Waals surface area contributed by atoms with E-state index in [1.807, 2.05) is 41.6 Å². The van der Waals surface area contributed by atoms with Gasteiger partial charge in [-0.1, -0.05) is 12.1 Å². The summed E-state index contributed by atoms with van der Waals surface area (Å²) >= 11 is 0. The van der Waals surface area contributed by atoms with Crippen molar-refractivity contribution in [1.82, 2.24) is 19.4 Å². The van der Waals surface area contributed by atoms with E-state index >= 15 is 0 Å². The van der Waals surface area contributed by atoms with E-state index in [-0.39, 0.29) is 18.1 Å². The van der Waals surface area contributed by atoms with Crippen LogP contribution >= 0.6 is 0 Å². The SMILES string of the molecule is CC(C)Oc1ccc([C@@H]2CN(C(=O)Cn3ccnc3)CCN2C)cc1. The fraction of sp³-hybridized carbons (Fsp3) is 0.474. The van der Waals surface area contributed by atoms with Crippen molar-refractivity contribution < 1.29 is 9.53 Å². The second-order valence-electron chi connectivity index (χ2n) is 6.81. The zero-order valence-electron chi connectivity index (χ0n) is 15.1. The van der Waals surface area contributed by atoms with Crippen molar-refractivity contribution in [2.45, 2.75) is 32.5 Å². The summed E-state index contributed by atoms with van der Waals surface area (Å²) in [6.45, 7) is 6.71. The number of rotatable bonds is 5. The van der Waals surface area contributed by atoms with Gasteiger partial charge in [-0.3, -0.25) is 9.69 Å². The molecule has 1 amide bonds. The Labute approximate surface area is 149 Å². The molecule has 1 aromatic carbocycles. The molecule has 1 saturated heterocycles. The molecule has 2 aromatic rings. The highest BCUT2D eigenvalue weighted by atomic mass is 16.5. The molecule has 1 aliphatic rings. The van der Waals surface area contributed by atoms with E-state index in [4.69, 9.17) is 4.74 Å². The zero-order valence-corrected chi connectivity index (χ0v) is 15.1. The Balaban J connectivity index is 1.67. The highest BCUT2D eigenvalue weighted by Crippen LogP contribution is 2.26. The Morgan fingerprint density at radius 2 is 2.04 bits per heavy atom. The van der Waals surface area contributed by atoms with Gasteiger partial charge in [0.15, 0.2) is 0 Å². The van der Waals surface area contributed by atoms with Gasteiger partial charge in [0.1, 0.15) is 12.3 Å². The van der Waals surface area contributed by atoms with Gasteiger partial charge in [0, 0.05) is 32.0 Å². The molecule has 6 heteroatoms. The minimum Gasteiger partial charge on any atom is -0.491 e. The smallest absolute Gasteiger partial charge is 0.242 e. The van der Waals surface area contributed by atoms with Crippen LogP contribution in [0.1, 0.15) is 25.5 Å². The fourth-order valence-corrected chi connectivity index (χ4v) is 3.14. The standard InChI is InChI=1S/C19H26N4O2/c1-15(2)25-17-6-4-16(5-7-17)18-12-23(11-10-21(18)3)19(24)13-22-9-8-20-14-22/h4-9,14-15,18H,10-13H2,1-3H3/t18-/m0/s1. The molecule has 0 radical (unpaired) electrons. The lowest BCUT2D eigenvalue weighted by Gasteiger charge is -2.39. The predicted octanol–water partition coefficient (Wildman–Crippen LogP) is 2.19. The van der Waals surface area contributed by atoms with Gasteiger partial charge in [-0.2, -0.15) is 0 Å². The molecule has 1 atom stereocenters. The highest BCUT2D eigenvalue weighted by molar-refractivity contribution is 5.76. The second-order valence-corrected chi connectivity index (χ2v) is 6.81. The van der Waals surface area contributed by atoms with Crippen LogP contribution in [0.15, 0.2) is 43.0 Å². The maximum Gasteiger partial charge on any atom is 0.242 e.